The molecular formula is C20H22N4Pt. The minimum absolute atomic E-state index is 0. The van der Waals surface area contributed by atoms with Gasteiger partial charge in [0.25, 0.3) is 0 Å². The van der Waals surface area contributed by atoms with Crippen molar-refractivity contribution in [1.82, 2.24) is 9.97 Å². The molecule has 25 heavy (non-hydrogen) atoms. The summed E-state index contributed by atoms with van der Waals surface area (Å²) in [5.74, 6) is 0. The number of hydrogen-bond acceptors (Lipinski definition) is 2. The molecule has 0 aliphatic carbocycles. The molecule has 1 aliphatic heterocycles. The Morgan fingerprint density at radius 2 is 1.08 bits per heavy atom. The molecule has 0 amide bonds. The van der Waals surface area contributed by atoms with Crippen LogP contribution in [0.1, 0.15) is 50.5 Å². The van der Waals surface area contributed by atoms with E-state index in [1.807, 2.05) is 48.8 Å². The molecule has 0 saturated carbocycles. The third-order valence-electron chi connectivity index (χ3n) is 4.10. The number of aliphatic imine (C=N–C) groups is 2. The molecule has 0 N–H and O–H groups in total. The van der Waals surface area contributed by atoms with Crippen molar-refractivity contribution in [3.05, 3.63) is 59.4 Å². The van der Waals surface area contributed by atoms with Gasteiger partial charge in [-0.1, -0.05) is 64.1 Å². The number of aromatic nitrogens is 2. The minimum atomic E-state index is -0.233. The molecule has 2 aromatic heterocycles. The van der Waals surface area contributed by atoms with Crippen molar-refractivity contribution in [2.75, 3.05) is 0 Å². The molecule has 0 radical (unpaired) electrons. The zero-order valence-corrected chi connectivity index (χ0v) is 17.2. The van der Waals surface area contributed by atoms with Gasteiger partial charge in [-0.25, -0.2) is 0 Å². The normalized spacial score (nSPS) is 20.6. The van der Waals surface area contributed by atoms with Crippen LogP contribution in [0.5, 0.6) is 0 Å². The molecule has 132 valence electrons. The molecule has 0 saturated heterocycles. The Balaban J connectivity index is 0.00000225. The Labute approximate surface area is 163 Å². The molecule has 0 spiro atoms. The fourth-order valence-corrected chi connectivity index (χ4v) is 2.49. The average Bonchev–Trinajstić information content (AvgIpc) is 3.17. The molecule has 3 rings (SSSR count). The van der Waals surface area contributed by atoms with Crippen LogP contribution in [0.2, 0.25) is 0 Å². The van der Waals surface area contributed by atoms with Crippen LogP contribution < -0.4 is 9.97 Å². The summed E-state index contributed by atoms with van der Waals surface area (Å²) in [5.41, 5.74) is 3.32. The van der Waals surface area contributed by atoms with Gasteiger partial charge in [0.15, 0.2) is 0 Å². The summed E-state index contributed by atoms with van der Waals surface area (Å²) >= 11 is 0. The standard InChI is InChI=1S/C20H22N4.Pt/c1-19(2)13-21-11-9-16-6-8-18(24-16)20(3,4)14-22-12-10-15-5-7-17(19)23-15;/h5-14H,1-4H3;/q-2;+2/b11-9-,12-10-,21-13?,22-14?;. The molecule has 0 fully saturated rings. The van der Waals surface area contributed by atoms with E-state index >= 15 is 0 Å². The first-order valence-electron chi connectivity index (χ1n) is 8.07. The van der Waals surface area contributed by atoms with Crippen LogP contribution in [-0.4, -0.2) is 12.4 Å². The minimum Gasteiger partial charge on any atom is -0.661 e. The van der Waals surface area contributed by atoms with Gasteiger partial charge in [-0.05, 0) is 0 Å². The summed E-state index contributed by atoms with van der Waals surface area (Å²) in [7, 11) is 0. The van der Waals surface area contributed by atoms with Gasteiger partial charge in [0.2, 0.25) is 0 Å². The zero-order chi connectivity index (χ0) is 17.2. The van der Waals surface area contributed by atoms with E-state index in [1.165, 1.54) is 0 Å². The first-order chi connectivity index (χ1) is 11.4. The summed E-state index contributed by atoms with van der Waals surface area (Å²) in [5, 5.41) is 0. The van der Waals surface area contributed by atoms with Crippen LogP contribution in [0.4, 0.5) is 0 Å². The fraction of sp³-hybridized carbons (Fsp3) is 0.300. The Morgan fingerprint density at radius 3 is 1.48 bits per heavy atom. The van der Waals surface area contributed by atoms with Crippen LogP contribution >= 0.6 is 0 Å². The molecule has 1 aliphatic rings. The van der Waals surface area contributed by atoms with Gasteiger partial charge in [-0.15, -0.1) is 22.8 Å². The second-order valence-electron chi connectivity index (χ2n) is 7.14. The first kappa shape index (κ1) is 19.4. The molecule has 0 aromatic carbocycles. The van der Waals surface area contributed by atoms with Gasteiger partial charge >= 0.3 is 21.1 Å². The summed E-state index contributed by atoms with van der Waals surface area (Å²) in [4.78, 5) is 18.2. The number of fused-ring (bicyclic) bond motifs is 4. The molecule has 0 atom stereocenters. The van der Waals surface area contributed by atoms with E-state index in [2.05, 4.69) is 47.6 Å². The van der Waals surface area contributed by atoms with E-state index in [9.17, 15) is 0 Å². The average molecular weight is 514 g/mol. The number of hydrogen-bond donors (Lipinski definition) is 0. The van der Waals surface area contributed by atoms with Crippen molar-refractivity contribution >= 4 is 24.6 Å². The van der Waals surface area contributed by atoms with Crippen molar-refractivity contribution in [2.24, 2.45) is 9.98 Å². The van der Waals surface area contributed by atoms with Crippen molar-refractivity contribution < 1.29 is 21.1 Å². The van der Waals surface area contributed by atoms with Gasteiger partial charge in [0.05, 0.1) is 0 Å². The molecule has 3 heterocycles. The van der Waals surface area contributed by atoms with Gasteiger partial charge in [0, 0.05) is 35.7 Å². The Morgan fingerprint density at radius 1 is 0.680 bits per heavy atom. The second kappa shape index (κ2) is 7.53. The first-order valence-corrected chi connectivity index (χ1v) is 8.07. The van der Waals surface area contributed by atoms with Gasteiger partial charge < -0.3 is 9.97 Å². The van der Waals surface area contributed by atoms with Crippen molar-refractivity contribution in [1.29, 1.82) is 0 Å². The van der Waals surface area contributed by atoms with Crippen LogP contribution in [0, 0.1) is 0 Å². The van der Waals surface area contributed by atoms with Crippen molar-refractivity contribution in [3.8, 4) is 0 Å². The van der Waals surface area contributed by atoms with E-state index in [-0.39, 0.29) is 31.9 Å². The quantitative estimate of drug-likeness (QED) is 0.536. The maximum atomic E-state index is 4.65. The Hall–Kier alpha value is -1.93. The van der Waals surface area contributed by atoms with Crippen LogP contribution in [-0.2, 0) is 31.9 Å². The van der Waals surface area contributed by atoms with Crippen molar-refractivity contribution in [2.45, 2.75) is 38.5 Å². The molecule has 0 unspecified atom stereocenters. The van der Waals surface area contributed by atoms with E-state index in [4.69, 9.17) is 0 Å². The van der Waals surface area contributed by atoms with E-state index < -0.39 is 0 Å². The molecule has 2 aromatic rings. The predicted octanol–water partition coefficient (Wildman–Crippen LogP) is 3.95. The Bertz CT molecular complexity index is 761. The van der Waals surface area contributed by atoms with Gasteiger partial charge in [-0.3, -0.25) is 9.98 Å². The fourth-order valence-electron chi connectivity index (χ4n) is 2.49. The third-order valence-corrected chi connectivity index (χ3v) is 4.10. The van der Waals surface area contributed by atoms with Crippen LogP contribution in [0.25, 0.3) is 12.2 Å². The van der Waals surface area contributed by atoms with Gasteiger partial charge in [-0.2, -0.15) is 0 Å². The molecular weight excluding hydrogens is 491 g/mol. The zero-order valence-electron chi connectivity index (χ0n) is 14.9. The monoisotopic (exact) mass is 513 g/mol. The summed E-state index contributed by atoms with van der Waals surface area (Å²) < 4.78 is 0. The predicted molar refractivity (Wildman–Crippen MR) is 101 cm³/mol. The molecule has 5 heteroatoms. The summed E-state index contributed by atoms with van der Waals surface area (Å²) in [6, 6.07) is 8.07. The summed E-state index contributed by atoms with van der Waals surface area (Å²) in [6.45, 7) is 8.40. The van der Waals surface area contributed by atoms with Gasteiger partial charge in [0.1, 0.15) is 0 Å². The van der Waals surface area contributed by atoms with Crippen molar-refractivity contribution in [3.63, 3.8) is 0 Å². The maximum Gasteiger partial charge on any atom is 2.00 e. The second-order valence-corrected chi connectivity index (χ2v) is 7.14. The van der Waals surface area contributed by atoms with Crippen LogP contribution in [0.3, 0.4) is 0 Å². The summed E-state index contributed by atoms with van der Waals surface area (Å²) in [6.07, 6.45) is 11.2. The number of rotatable bonds is 0. The van der Waals surface area contributed by atoms with E-state index in [1.54, 1.807) is 12.4 Å². The maximum absolute atomic E-state index is 4.65. The SMILES string of the molecule is CC1(C)C=N/C=C\c2ccc([n-]2)C(C)(C)C=N/C=C\c2ccc1[n-]2.[Pt+2]. The smallest absolute Gasteiger partial charge is 0.661 e. The topological polar surface area (TPSA) is 52.9 Å². The van der Waals surface area contributed by atoms with Crippen LogP contribution in [0.15, 0.2) is 46.7 Å². The molecule has 4 nitrogen and oxygen atoms in total. The number of nitrogens with zero attached hydrogens (tertiary/aromatic N) is 4. The Kier molecular flexibility index (Phi) is 5.84. The van der Waals surface area contributed by atoms with E-state index in [0.29, 0.717) is 0 Å². The van der Waals surface area contributed by atoms with E-state index in [0.717, 1.165) is 22.8 Å². The largest absolute Gasteiger partial charge is 2.00 e. The molecule has 4 bridgehead atoms. The third kappa shape index (κ3) is 4.58.